The number of hydrogen-bond acceptors (Lipinski definition) is 6. The van der Waals surface area contributed by atoms with Gasteiger partial charge in [0.2, 0.25) is 0 Å². The summed E-state index contributed by atoms with van der Waals surface area (Å²) in [6.45, 7) is 2.23. The molecule has 4 rings (SSSR count). The second-order valence-electron chi connectivity index (χ2n) is 8.17. The first kappa shape index (κ1) is 27.0. The van der Waals surface area contributed by atoms with E-state index in [-0.39, 0.29) is 17.9 Å². The van der Waals surface area contributed by atoms with Crippen molar-refractivity contribution in [3.05, 3.63) is 106 Å². The lowest BCUT2D eigenvalue weighted by molar-refractivity contribution is -0.384. The maximum absolute atomic E-state index is 13.4. The predicted octanol–water partition coefficient (Wildman–Crippen LogP) is 7.29. The average Bonchev–Trinajstić information content (AvgIpc) is 2.87. The third kappa shape index (κ3) is 6.44. The van der Waals surface area contributed by atoms with E-state index >= 15 is 0 Å². The molecule has 0 saturated heterocycles. The van der Waals surface area contributed by atoms with Gasteiger partial charge in [0, 0.05) is 33.6 Å². The molecule has 0 atom stereocenters. The van der Waals surface area contributed by atoms with Crippen LogP contribution in [0.3, 0.4) is 0 Å². The fourth-order valence-electron chi connectivity index (χ4n) is 3.63. The number of nitrogens with zero attached hydrogens (tertiary/aromatic N) is 4. The standard InChI is InChI=1S/C26H21Br2ClN4O4/c1-2-3-4-24-31-23-10-7-18(27)12-21(23)26(34)32(24)30-14-17-11-19(29)13-22(28)25(17)37-15-16-5-8-20(9-6-16)33(35)36/h5-14H,2-4,15H2,1H3. The molecule has 0 saturated carbocycles. The Morgan fingerprint density at radius 1 is 1.16 bits per heavy atom. The Balaban J connectivity index is 1.71. The van der Waals surface area contributed by atoms with Crippen LogP contribution in [0.25, 0.3) is 10.9 Å². The molecule has 1 aromatic heterocycles. The molecular formula is C26H21Br2ClN4O4. The average molecular weight is 649 g/mol. The van der Waals surface area contributed by atoms with Crippen molar-refractivity contribution in [1.29, 1.82) is 0 Å². The maximum Gasteiger partial charge on any atom is 0.282 e. The summed E-state index contributed by atoms with van der Waals surface area (Å²) in [7, 11) is 0. The largest absolute Gasteiger partial charge is 0.487 e. The van der Waals surface area contributed by atoms with Gasteiger partial charge in [-0.15, -0.1) is 0 Å². The number of ether oxygens (including phenoxy) is 1. The van der Waals surface area contributed by atoms with Crippen molar-refractivity contribution in [2.75, 3.05) is 0 Å². The minimum absolute atomic E-state index is 0.00425. The van der Waals surface area contributed by atoms with Gasteiger partial charge in [0.25, 0.3) is 11.2 Å². The summed E-state index contributed by atoms with van der Waals surface area (Å²) in [5.74, 6) is 1.03. The molecule has 8 nitrogen and oxygen atoms in total. The monoisotopic (exact) mass is 646 g/mol. The van der Waals surface area contributed by atoms with Crippen LogP contribution >= 0.6 is 43.5 Å². The first-order chi connectivity index (χ1) is 17.8. The first-order valence-corrected chi connectivity index (χ1v) is 13.3. The number of nitro benzene ring substituents is 1. The molecule has 0 spiro atoms. The number of benzene rings is 3. The molecule has 0 amide bonds. The highest BCUT2D eigenvalue weighted by molar-refractivity contribution is 9.10. The van der Waals surface area contributed by atoms with Crippen LogP contribution in [0.2, 0.25) is 5.02 Å². The van der Waals surface area contributed by atoms with E-state index in [1.54, 1.807) is 30.3 Å². The predicted molar refractivity (Wildman–Crippen MR) is 152 cm³/mol. The number of nitro groups is 1. The van der Waals surface area contributed by atoms with E-state index < -0.39 is 4.92 Å². The molecule has 1 heterocycles. The SMILES string of the molecule is CCCCc1nc2ccc(Br)cc2c(=O)n1N=Cc1cc(Cl)cc(Br)c1OCc1ccc([N+](=O)[O-])cc1. The molecule has 0 radical (unpaired) electrons. The third-order valence-corrected chi connectivity index (χ3v) is 6.81. The Morgan fingerprint density at radius 3 is 2.62 bits per heavy atom. The quantitative estimate of drug-likeness (QED) is 0.108. The van der Waals surface area contributed by atoms with Crippen molar-refractivity contribution in [2.24, 2.45) is 5.10 Å². The van der Waals surface area contributed by atoms with Gasteiger partial charge in [-0.3, -0.25) is 14.9 Å². The molecule has 4 aromatic rings. The van der Waals surface area contributed by atoms with Crippen molar-refractivity contribution in [3.8, 4) is 5.75 Å². The van der Waals surface area contributed by atoms with Gasteiger partial charge in [-0.1, -0.05) is 40.9 Å². The molecule has 11 heteroatoms. The summed E-state index contributed by atoms with van der Waals surface area (Å²) in [6.07, 6.45) is 3.91. The smallest absolute Gasteiger partial charge is 0.282 e. The Labute approximate surface area is 234 Å². The zero-order valence-electron chi connectivity index (χ0n) is 19.7. The second kappa shape index (κ2) is 12.0. The summed E-state index contributed by atoms with van der Waals surface area (Å²) in [4.78, 5) is 28.5. The van der Waals surface area contributed by atoms with Gasteiger partial charge in [-0.05, 0) is 70.4 Å². The van der Waals surface area contributed by atoms with E-state index in [1.807, 2.05) is 12.1 Å². The van der Waals surface area contributed by atoms with Gasteiger partial charge in [-0.2, -0.15) is 9.78 Å². The lowest BCUT2D eigenvalue weighted by Crippen LogP contribution is -2.22. The Kier molecular flexibility index (Phi) is 8.73. The Morgan fingerprint density at radius 2 is 1.92 bits per heavy atom. The van der Waals surface area contributed by atoms with Crippen molar-refractivity contribution < 1.29 is 9.66 Å². The van der Waals surface area contributed by atoms with Crippen LogP contribution in [0, 0.1) is 10.1 Å². The Bertz CT molecular complexity index is 1560. The summed E-state index contributed by atoms with van der Waals surface area (Å²) >= 11 is 13.2. The number of halogens is 3. The molecule has 0 fully saturated rings. The van der Waals surface area contributed by atoms with Gasteiger partial charge >= 0.3 is 0 Å². The lowest BCUT2D eigenvalue weighted by atomic mass is 10.2. The molecule has 0 unspecified atom stereocenters. The van der Waals surface area contributed by atoms with Crippen molar-refractivity contribution in [2.45, 2.75) is 32.8 Å². The highest BCUT2D eigenvalue weighted by Gasteiger charge is 2.14. The molecule has 37 heavy (non-hydrogen) atoms. The van der Waals surface area contributed by atoms with Crippen LogP contribution < -0.4 is 10.3 Å². The zero-order chi connectivity index (χ0) is 26.5. The van der Waals surface area contributed by atoms with Gasteiger partial charge < -0.3 is 4.74 Å². The van der Waals surface area contributed by atoms with E-state index in [0.29, 0.717) is 44.0 Å². The van der Waals surface area contributed by atoms with Crippen LogP contribution in [0.5, 0.6) is 5.75 Å². The molecule has 0 aliphatic rings. The fraction of sp³-hybridized carbons (Fsp3) is 0.192. The maximum atomic E-state index is 13.4. The molecule has 0 bridgehead atoms. The van der Waals surface area contributed by atoms with E-state index in [4.69, 9.17) is 21.3 Å². The number of aromatic nitrogens is 2. The summed E-state index contributed by atoms with van der Waals surface area (Å²) in [5, 5.41) is 16.3. The van der Waals surface area contributed by atoms with Crippen LogP contribution in [0.1, 0.15) is 36.7 Å². The van der Waals surface area contributed by atoms with Crippen molar-refractivity contribution in [3.63, 3.8) is 0 Å². The number of non-ortho nitro benzene ring substituents is 1. The van der Waals surface area contributed by atoms with Crippen LogP contribution in [-0.2, 0) is 13.0 Å². The lowest BCUT2D eigenvalue weighted by Gasteiger charge is -2.13. The van der Waals surface area contributed by atoms with Gasteiger partial charge in [0.1, 0.15) is 18.2 Å². The fourth-order valence-corrected chi connectivity index (χ4v) is 4.94. The topological polar surface area (TPSA) is 99.6 Å². The number of hydrogen-bond donors (Lipinski definition) is 0. The third-order valence-electron chi connectivity index (χ3n) is 5.51. The minimum Gasteiger partial charge on any atom is -0.487 e. The van der Waals surface area contributed by atoms with Crippen molar-refractivity contribution in [1.82, 2.24) is 9.66 Å². The molecule has 3 aromatic carbocycles. The number of rotatable bonds is 9. The van der Waals surface area contributed by atoms with Gasteiger partial charge in [0.05, 0.1) is 26.5 Å². The van der Waals surface area contributed by atoms with E-state index in [1.165, 1.54) is 23.0 Å². The normalized spacial score (nSPS) is 11.4. The molecule has 0 aliphatic heterocycles. The Hall–Kier alpha value is -3.08. The molecule has 0 N–H and O–H groups in total. The van der Waals surface area contributed by atoms with Gasteiger partial charge in [-0.25, -0.2) is 4.98 Å². The summed E-state index contributed by atoms with van der Waals surface area (Å²) < 4.78 is 8.73. The first-order valence-electron chi connectivity index (χ1n) is 11.4. The number of unbranched alkanes of at least 4 members (excludes halogenated alkanes) is 1. The van der Waals surface area contributed by atoms with Crippen LogP contribution in [0.15, 0.2) is 73.4 Å². The highest BCUT2D eigenvalue weighted by atomic mass is 79.9. The number of aryl methyl sites for hydroxylation is 1. The minimum atomic E-state index is -0.452. The van der Waals surface area contributed by atoms with E-state index in [2.05, 4.69) is 43.9 Å². The molecule has 0 aliphatic carbocycles. The van der Waals surface area contributed by atoms with E-state index in [9.17, 15) is 14.9 Å². The van der Waals surface area contributed by atoms with Crippen LogP contribution in [-0.4, -0.2) is 20.8 Å². The van der Waals surface area contributed by atoms with Crippen molar-refractivity contribution >= 4 is 66.3 Å². The summed E-state index contributed by atoms with van der Waals surface area (Å²) in [5.41, 5.74) is 1.64. The molecular weight excluding hydrogens is 628 g/mol. The highest BCUT2D eigenvalue weighted by Crippen LogP contribution is 2.33. The van der Waals surface area contributed by atoms with Gasteiger partial charge in [0.15, 0.2) is 0 Å². The second-order valence-corrected chi connectivity index (χ2v) is 10.4. The van der Waals surface area contributed by atoms with E-state index in [0.717, 1.165) is 22.9 Å². The zero-order valence-corrected chi connectivity index (χ0v) is 23.6. The summed E-state index contributed by atoms with van der Waals surface area (Å²) in [6, 6.07) is 14.9. The molecule has 190 valence electrons. The van der Waals surface area contributed by atoms with Crippen LogP contribution in [0.4, 0.5) is 5.69 Å². The number of fused-ring (bicyclic) bond motifs is 1.